The minimum Gasteiger partial charge on any atom is -0.361 e. The predicted molar refractivity (Wildman–Crippen MR) is 124 cm³/mol. The molecule has 3 N–H and O–H groups in total. The van der Waals surface area contributed by atoms with Crippen LogP contribution in [0.25, 0.3) is 0 Å². The number of aromatic nitrogens is 4. The van der Waals surface area contributed by atoms with Crippen LogP contribution in [0.1, 0.15) is 80.1 Å². The van der Waals surface area contributed by atoms with Gasteiger partial charge in [0.25, 0.3) is 5.91 Å². The van der Waals surface area contributed by atoms with Crippen LogP contribution in [0, 0.1) is 0 Å². The lowest BCUT2D eigenvalue weighted by Crippen LogP contribution is -2.38. The van der Waals surface area contributed by atoms with Gasteiger partial charge in [0.1, 0.15) is 6.17 Å². The van der Waals surface area contributed by atoms with Crippen molar-refractivity contribution in [3.05, 3.63) is 71.0 Å². The monoisotopic (exact) mass is 433 g/mol. The summed E-state index contributed by atoms with van der Waals surface area (Å²) in [5, 5.41) is 22.6. The highest BCUT2D eigenvalue weighted by molar-refractivity contribution is 6.01. The number of fused-ring (bicyclic) bond motifs is 1. The Morgan fingerprint density at radius 2 is 1.84 bits per heavy atom. The Hall–Kier alpha value is -3.26. The summed E-state index contributed by atoms with van der Waals surface area (Å²) in [6, 6.07) is 15.7. The summed E-state index contributed by atoms with van der Waals surface area (Å²) in [5.41, 5.74) is 3.34. The highest BCUT2D eigenvalue weighted by Gasteiger charge is 2.28. The minimum absolute atomic E-state index is 0.0723. The summed E-state index contributed by atoms with van der Waals surface area (Å²) in [4.78, 5) is 12.5. The molecule has 2 heterocycles. The van der Waals surface area contributed by atoms with Crippen LogP contribution in [-0.4, -0.2) is 32.7 Å². The molecule has 168 valence electrons. The molecule has 0 fully saturated rings. The van der Waals surface area contributed by atoms with Gasteiger partial charge in [0.2, 0.25) is 0 Å². The number of unbranched alkanes of at least 4 members (excludes halogenated alkanes) is 1. The molecule has 1 aliphatic rings. The Bertz CT molecular complexity index is 1070. The molecular formula is C24H31N7O. The van der Waals surface area contributed by atoms with Crippen LogP contribution in [0.15, 0.2) is 48.5 Å². The van der Waals surface area contributed by atoms with Crippen molar-refractivity contribution in [2.45, 2.75) is 58.3 Å². The summed E-state index contributed by atoms with van der Waals surface area (Å²) in [6.07, 6.45) is 1.90. The Morgan fingerprint density at radius 3 is 2.56 bits per heavy atom. The van der Waals surface area contributed by atoms with E-state index in [1.807, 2.05) is 41.1 Å². The Morgan fingerprint density at radius 1 is 1.09 bits per heavy atom. The lowest BCUT2D eigenvalue weighted by Gasteiger charge is -2.28. The molecule has 4 rings (SSSR count). The third-order valence-electron chi connectivity index (χ3n) is 5.62. The van der Waals surface area contributed by atoms with Crippen molar-refractivity contribution in [1.29, 1.82) is 0 Å². The standard InChI is InChI=1S/C24H31N7O/c1-5-6-15-25-20(22-28-29-30-31(22)24(2,3)4)16-11-13-17(14-12-16)21-26-19-10-8-7-9-18(19)23(32)27-21/h7-14,20-21,25-26H,5-6,15H2,1-4H3,(H,27,32). The SMILES string of the molecule is CCCCNC(c1ccc(C2NC(=O)c3ccccc3N2)cc1)c1nnnn1C(C)(C)C. The first kappa shape index (κ1) is 22.0. The zero-order valence-electron chi connectivity index (χ0n) is 19.1. The first-order chi connectivity index (χ1) is 15.4. The maximum Gasteiger partial charge on any atom is 0.255 e. The topological polar surface area (TPSA) is 96.8 Å². The van der Waals surface area contributed by atoms with E-state index < -0.39 is 0 Å². The van der Waals surface area contributed by atoms with Gasteiger partial charge in [0.15, 0.2) is 5.82 Å². The van der Waals surface area contributed by atoms with E-state index in [0.717, 1.165) is 42.0 Å². The fourth-order valence-electron chi connectivity index (χ4n) is 3.89. The second-order valence-corrected chi connectivity index (χ2v) is 9.12. The maximum absolute atomic E-state index is 12.5. The van der Waals surface area contributed by atoms with Crippen molar-refractivity contribution in [2.24, 2.45) is 0 Å². The number of amides is 1. The van der Waals surface area contributed by atoms with Crippen molar-refractivity contribution < 1.29 is 4.79 Å². The largest absolute Gasteiger partial charge is 0.361 e. The van der Waals surface area contributed by atoms with Crippen molar-refractivity contribution in [2.75, 3.05) is 11.9 Å². The van der Waals surface area contributed by atoms with Crippen molar-refractivity contribution in [1.82, 2.24) is 30.8 Å². The molecule has 0 aliphatic carbocycles. The molecule has 0 radical (unpaired) electrons. The van der Waals surface area contributed by atoms with Crippen LogP contribution < -0.4 is 16.0 Å². The number of carbonyl (C=O) groups is 1. The molecule has 32 heavy (non-hydrogen) atoms. The lowest BCUT2D eigenvalue weighted by molar-refractivity contribution is 0.0935. The van der Waals surface area contributed by atoms with E-state index in [1.165, 1.54) is 0 Å². The molecule has 0 saturated heterocycles. The smallest absolute Gasteiger partial charge is 0.255 e. The molecule has 0 saturated carbocycles. The highest BCUT2D eigenvalue weighted by atomic mass is 16.2. The van der Waals surface area contributed by atoms with E-state index in [-0.39, 0.29) is 23.7 Å². The van der Waals surface area contributed by atoms with Crippen LogP contribution in [-0.2, 0) is 5.54 Å². The molecule has 1 amide bonds. The summed E-state index contributed by atoms with van der Waals surface area (Å²) < 4.78 is 1.88. The van der Waals surface area contributed by atoms with E-state index in [9.17, 15) is 4.79 Å². The molecule has 0 bridgehead atoms. The molecule has 2 unspecified atom stereocenters. The molecule has 1 aliphatic heterocycles. The number of benzene rings is 2. The Kier molecular flexibility index (Phi) is 6.23. The maximum atomic E-state index is 12.5. The third-order valence-corrected chi connectivity index (χ3v) is 5.62. The van der Waals surface area contributed by atoms with Crippen LogP contribution in [0.3, 0.4) is 0 Å². The number of nitrogens with zero attached hydrogens (tertiary/aromatic N) is 4. The fourth-order valence-corrected chi connectivity index (χ4v) is 3.89. The number of anilines is 1. The summed E-state index contributed by atoms with van der Waals surface area (Å²) in [7, 11) is 0. The molecule has 0 spiro atoms. The number of hydrogen-bond acceptors (Lipinski definition) is 6. The lowest BCUT2D eigenvalue weighted by atomic mass is 10.00. The van der Waals surface area contributed by atoms with Crippen molar-refractivity contribution >= 4 is 11.6 Å². The van der Waals surface area contributed by atoms with Gasteiger partial charge in [-0.3, -0.25) is 4.79 Å². The van der Waals surface area contributed by atoms with E-state index in [0.29, 0.717) is 5.56 Å². The first-order valence-electron chi connectivity index (χ1n) is 11.2. The van der Waals surface area contributed by atoms with Gasteiger partial charge in [-0.1, -0.05) is 49.7 Å². The summed E-state index contributed by atoms with van der Waals surface area (Å²) in [5.74, 6) is 0.719. The number of tetrazole rings is 1. The van der Waals surface area contributed by atoms with Gasteiger partial charge < -0.3 is 16.0 Å². The number of hydrogen-bond donors (Lipinski definition) is 3. The van der Waals surface area contributed by atoms with Gasteiger partial charge in [0, 0.05) is 5.69 Å². The number of carbonyl (C=O) groups excluding carboxylic acids is 1. The van der Waals surface area contributed by atoms with Gasteiger partial charge in [-0.15, -0.1) is 5.10 Å². The summed E-state index contributed by atoms with van der Waals surface area (Å²) >= 11 is 0. The normalized spacial score (nSPS) is 16.8. The first-order valence-corrected chi connectivity index (χ1v) is 11.2. The second kappa shape index (κ2) is 9.08. The number of rotatable bonds is 7. The van der Waals surface area contributed by atoms with Gasteiger partial charge in [-0.05, 0) is 67.4 Å². The molecule has 1 aromatic heterocycles. The van der Waals surface area contributed by atoms with E-state index >= 15 is 0 Å². The average Bonchev–Trinajstić information content (AvgIpc) is 3.27. The molecular weight excluding hydrogens is 402 g/mol. The Balaban J connectivity index is 1.60. The molecule has 8 nitrogen and oxygen atoms in total. The van der Waals surface area contributed by atoms with Gasteiger partial charge >= 0.3 is 0 Å². The van der Waals surface area contributed by atoms with E-state index in [4.69, 9.17) is 0 Å². The molecule has 2 atom stereocenters. The van der Waals surface area contributed by atoms with Crippen LogP contribution in [0.5, 0.6) is 0 Å². The van der Waals surface area contributed by atoms with Crippen LogP contribution in [0.2, 0.25) is 0 Å². The minimum atomic E-state index is -0.280. The third kappa shape index (κ3) is 4.50. The number of para-hydroxylation sites is 1. The zero-order chi connectivity index (χ0) is 22.7. The number of nitrogens with one attached hydrogen (secondary N) is 3. The van der Waals surface area contributed by atoms with Gasteiger partial charge in [-0.2, -0.15) is 0 Å². The van der Waals surface area contributed by atoms with Crippen LogP contribution in [0.4, 0.5) is 5.69 Å². The van der Waals surface area contributed by atoms with E-state index in [2.05, 4.69) is 71.3 Å². The summed E-state index contributed by atoms with van der Waals surface area (Å²) in [6.45, 7) is 9.32. The van der Waals surface area contributed by atoms with Gasteiger partial charge in [0.05, 0.1) is 17.1 Å². The average molecular weight is 434 g/mol. The quantitative estimate of drug-likeness (QED) is 0.491. The fraction of sp³-hybridized carbons (Fsp3) is 0.417. The molecule has 8 heteroatoms. The van der Waals surface area contributed by atoms with Crippen molar-refractivity contribution in [3.63, 3.8) is 0 Å². The van der Waals surface area contributed by atoms with Gasteiger partial charge in [-0.25, -0.2) is 4.68 Å². The highest BCUT2D eigenvalue weighted by Crippen LogP contribution is 2.29. The predicted octanol–water partition coefficient (Wildman–Crippen LogP) is 3.76. The Labute approximate surface area is 188 Å². The second-order valence-electron chi connectivity index (χ2n) is 9.12. The molecule has 3 aromatic rings. The zero-order valence-corrected chi connectivity index (χ0v) is 19.1. The van der Waals surface area contributed by atoms with Crippen LogP contribution >= 0.6 is 0 Å². The van der Waals surface area contributed by atoms with E-state index in [1.54, 1.807) is 0 Å². The molecule has 2 aromatic carbocycles. The van der Waals surface area contributed by atoms with Crippen molar-refractivity contribution in [3.8, 4) is 0 Å².